The lowest BCUT2D eigenvalue weighted by Gasteiger charge is -2.15. The van der Waals surface area contributed by atoms with E-state index in [9.17, 15) is 0 Å². The molecule has 100 valence electrons. The second-order valence-electron chi connectivity index (χ2n) is 4.26. The summed E-state index contributed by atoms with van der Waals surface area (Å²) in [5.74, 6) is 0. The normalized spacial score (nSPS) is 11.2. The van der Waals surface area contributed by atoms with Gasteiger partial charge in [-0.15, -0.1) is 6.58 Å². The number of hydrogen-bond donors (Lipinski definition) is 1. The maximum absolute atomic E-state index is 4.16. The van der Waals surface area contributed by atoms with Crippen LogP contribution >= 0.6 is 0 Å². The van der Waals surface area contributed by atoms with Gasteiger partial charge in [-0.2, -0.15) is 0 Å². The standard InChI is InChI=1S/C15H21N.C2H6/c1-6-14(16-5)10-13(4)15-8-7-11(2)9-12(15)3;1-2/h6-9,14,16H,1,4,10H2,2-3,5H3;1-2H3. The van der Waals surface area contributed by atoms with E-state index in [0.29, 0.717) is 6.04 Å². The molecule has 1 N–H and O–H groups in total. The Morgan fingerprint density at radius 2 is 1.94 bits per heavy atom. The van der Waals surface area contributed by atoms with Crippen LogP contribution < -0.4 is 5.32 Å². The van der Waals surface area contributed by atoms with Crippen molar-refractivity contribution in [2.24, 2.45) is 0 Å². The Labute approximate surface area is 113 Å². The fourth-order valence-corrected chi connectivity index (χ4v) is 1.89. The van der Waals surface area contributed by atoms with Crippen molar-refractivity contribution in [2.75, 3.05) is 7.05 Å². The summed E-state index contributed by atoms with van der Waals surface area (Å²) in [7, 11) is 1.95. The summed E-state index contributed by atoms with van der Waals surface area (Å²) >= 11 is 0. The molecule has 0 aliphatic carbocycles. The lowest BCUT2D eigenvalue weighted by atomic mass is 9.95. The molecule has 1 nitrogen and oxygen atoms in total. The smallest absolute Gasteiger partial charge is 0.0285 e. The molecule has 0 amide bonds. The molecule has 0 aromatic heterocycles. The zero-order valence-corrected chi connectivity index (χ0v) is 12.5. The second-order valence-corrected chi connectivity index (χ2v) is 4.26. The molecule has 1 atom stereocenters. The Morgan fingerprint density at radius 1 is 1.33 bits per heavy atom. The van der Waals surface area contributed by atoms with Crippen molar-refractivity contribution in [3.8, 4) is 0 Å². The molecular formula is C17H27N. The van der Waals surface area contributed by atoms with Crippen LogP contribution in [0.5, 0.6) is 0 Å². The molecule has 1 heteroatoms. The van der Waals surface area contributed by atoms with Gasteiger partial charge in [-0.1, -0.05) is 50.3 Å². The third-order valence-corrected chi connectivity index (χ3v) is 2.88. The minimum Gasteiger partial charge on any atom is -0.313 e. The number of aryl methyl sites for hydroxylation is 2. The van der Waals surface area contributed by atoms with Crippen molar-refractivity contribution in [1.29, 1.82) is 0 Å². The van der Waals surface area contributed by atoms with E-state index in [1.807, 2.05) is 27.0 Å². The monoisotopic (exact) mass is 245 g/mol. The molecular weight excluding hydrogens is 218 g/mol. The molecule has 18 heavy (non-hydrogen) atoms. The van der Waals surface area contributed by atoms with Crippen LogP contribution in [0, 0.1) is 13.8 Å². The largest absolute Gasteiger partial charge is 0.313 e. The molecule has 0 fully saturated rings. The first-order valence-corrected chi connectivity index (χ1v) is 6.63. The third kappa shape index (κ3) is 4.89. The van der Waals surface area contributed by atoms with Crippen LogP contribution in [0.1, 0.15) is 37.0 Å². The highest BCUT2D eigenvalue weighted by Gasteiger charge is 2.07. The summed E-state index contributed by atoms with van der Waals surface area (Å²) in [4.78, 5) is 0. The molecule has 1 rings (SSSR count). The SMILES string of the molecule is C=CC(CC(=C)c1ccc(C)cc1C)NC.CC. The first-order valence-electron chi connectivity index (χ1n) is 6.63. The molecule has 0 heterocycles. The van der Waals surface area contributed by atoms with Gasteiger partial charge in [0.05, 0.1) is 0 Å². The summed E-state index contributed by atoms with van der Waals surface area (Å²) in [6.07, 6.45) is 2.83. The van der Waals surface area contributed by atoms with E-state index in [4.69, 9.17) is 0 Å². The fourth-order valence-electron chi connectivity index (χ4n) is 1.89. The first kappa shape index (κ1) is 16.7. The van der Waals surface area contributed by atoms with Gasteiger partial charge in [0.2, 0.25) is 0 Å². The van der Waals surface area contributed by atoms with E-state index in [-0.39, 0.29) is 0 Å². The maximum atomic E-state index is 4.16. The zero-order valence-electron chi connectivity index (χ0n) is 12.5. The van der Waals surface area contributed by atoms with Crippen molar-refractivity contribution < 1.29 is 0 Å². The highest BCUT2D eigenvalue weighted by molar-refractivity contribution is 5.67. The van der Waals surface area contributed by atoms with Gasteiger partial charge in [-0.25, -0.2) is 0 Å². The second kappa shape index (κ2) is 8.71. The Balaban J connectivity index is 0.00000137. The molecule has 0 aliphatic rings. The molecule has 0 bridgehead atoms. The van der Waals surface area contributed by atoms with Crippen molar-refractivity contribution in [1.82, 2.24) is 5.32 Å². The summed E-state index contributed by atoms with van der Waals surface area (Å²) in [6, 6.07) is 6.79. The molecule has 0 saturated carbocycles. The van der Waals surface area contributed by atoms with E-state index in [1.54, 1.807) is 0 Å². The van der Waals surface area contributed by atoms with Gasteiger partial charge in [-0.05, 0) is 44.0 Å². The average molecular weight is 245 g/mol. The highest BCUT2D eigenvalue weighted by atomic mass is 14.9. The van der Waals surface area contributed by atoms with Crippen LogP contribution in [0.4, 0.5) is 0 Å². The summed E-state index contributed by atoms with van der Waals surface area (Å²) in [5.41, 5.74) is 5.01. The predicted molar refractivity (Wildman–Crippen MR) is 84.0 cm³/mol. The average Bonchev–Trinajstić information content (AvgIpc) is 2.38. The van der Waals surface area contributed by atoms with Gasteiger partial charge in [0, 0.05) is 6.04 Å². The third-order valence-electron chi connectivity index (χ3n) is 2.88. The number of benzene rings is 1. The van der Waals surface area contributed by atoms with Crippen LogP contribution in [0.25, 0.3) is 5.57 Å². The quantitative estimate of drug-likeness (QED) is 0.753. The van der Waals surface area contributed by atoms with Crippen molar-refractivity contribution >= 4 is 5.57 Å². The van der Waals surface area contributed by atoms with Crippen molar-refractivity contribution in [3.63, 3.8) is 0 Å². The van der Waals surface area contributed by atoms with E-state index in [0.717, 1.165) is 12.0 Å². The Hall–Kier alpha value is -1.34. The Morgan fingerprint density at radius 3 is 2.39 bits per heavy atom. The van der Waals surface area contributed by atoms with Gasteiger partial charge in [-0.3, -0.25) is 0 Å². The first-order chi connectivity index (χ1) is 8.58. The summed E-state index contributed by atoms with van der Waals surface area (Å²) in [6.45, 7) is 16.2. The van der Waals surface area contributed by atoms with E-state index in [1.165, 1.54) is 16.7 Å². The zero-order chi connectivity index (χ0) is 14.1. The fraction of sp³-hybridized carbons (Fsp3) is 0.412. The van der Waals surface area contributed by atoms with Crippen LogP contribution in [-0.2, 0) is 0 Å². The molecule has 1 unspecified atom stereocenters. The van der Waals surface area contributed by atoms with E-state index in [2.05, 4.69) is 50.5 Å². The number of nitrogens with one attached hydrogen (secondary N) is 1. The molecule has 0 radical (unpaired) electrons. The van der Waals surface area contributed by atoms with Crippen LogP contribution in [-0.4, -0.2) is 13.1 Å². The number of rotatable bonds is 5. The Kier molecular flexibility index (Phi) is 8.06. The topological polar surface area (TPSA) is 12.0 Å². The van der Waals surface area contributed by atoms with E-state index < -0.39 is 0 Å². The maximum Gasteiger partial charge on any atom is 0.0285 e. The van der Waals surface area contributed by atoms with Crippen molar-refractivity contribution in [2.45, 2.75) is 40.2 Å². The van der Waals surface area contributed by atoms with Crippen molar-refractivity contribution in [3.05, 3.63) is 54.1 Å². The highest BCUT2D eigenvalue weighted by Crippen LogP contribution is 2.22. The molecule has 0 aliphatic heterocycles. The van der Waals surface area contributed by atoms with Gasteiger partial charge in [0.15, 0.2) is 0 Å². The predicted octanol–water partition coefficient (Wildman–Crippen LogP) is 4.51. The minimum absolute atomic E-state index is 0.299. The molecule has 0 saturated heterocycles. The number of likely N-dealkylation sites (N-methyl/N-ethyl adjacent to an activating group) is 1. The molecule has 1 aromatic rings. The van der Waals surface area contributed by atoms with Gasteiger partial charge >= 0.3 is 0 Å². The number of hydrogen-bond acceptors (Lipinski definition) is 1. The lowest BCUT2D eigenvalue weighted by Crippen LogP contribution is -2.22. The molecule has 1 aromatic carbocycles. The van der Waals surface area contributed by atoms with Crippen LogP contribution in [0.15, 0.2) is 37.4 Å². The van der Waals surface area contributed by atoms with Gasteiger partial charge in [0.25, 0.3) is 0 Å². The van der Waals surface area contributed by atoms with E-state index >= 15 is 0 Å². The molecule has 0 spiro atoms. The summed E-state index contributed by atoms with van der Waals surface area (Å²) < 4.78 is 0. The van der Waals surface area contributed by atoms with Gasteiger partial charge in [0.1, 0.15) is 0 Å². The Bertz CT molecular complexity index is 391. The van der Waals surface area contributed by atoms with Crippen LogP contribution in [0.2, 0.25) is 0 Å². The van der Waals surface area contributed by atoms with Crippen LogP contribution in [0.3, 0.4) is 0 Å². The minimum atomic E-state index is 0.299. The summed E-state index contributed by atoms with van der Waals surface area (Å²) in [5, 5.41) is 3.20. The lowest BCUT2D eigenvalue weighted by molar-refractivity contribution is 0.686. The van der Waals surface area contributed by atoms with Gasteiger partial charge < -0.3 is 5.32 Å².